The van der Waals surface area contributed by atoms with E-state index in [2.05, 4.69) is 35.5 Å². The largest absolute Gasteiger partial charge is 0.315 e. The second-order valence-corrected chi connectivity index (χ2v) is 5.23. The molecular weight excluding hydrogens is 212 g/mol. The van der Waals surface area contributed by atoms with Crippen molar-refractivity contribution in [2.24, 2.45) is 5.92 Å². The standard InChI is InChI=1S/C13H24N4/c1-12-9-15-17(11-12)8-5-14-10-13-3-6-16(2)7-4-13/h9,11,13-14H,3-8,10H2,1-2H3. The number of nitrogens with one attached hydrogen (secondary N) is 1. The Morgan fingerprint density at radius 3 is 2.82 bits per heavy atom. The summed E-state index contributed by atoms with van der Waals surface area (Å²) in [6.45, 7) is 7.74. The molecule has 1 saturated heterocycles. The molecule has 1 aromatic rings. The number of nitrogens with zero attached hydrogens (tertiary/aromatic N) is 3. The number of hydrogen-bond donors (Lipinski definition) is 1. The van der Waals surface area contributed by atoms with E-state index in [0.29, 0.717) is 0 Å². The molecule has 17 heavy (non-hydrogen) atoms. The van der Waals surface area contributed by atoms with E-state index in [4.69, 9.17) is 0 Å². The van der Waals surface area contributed by atoms with Crippen molar-refractivity contribution in [3.05, 3.63) is 18.0 Å². The highest BCUT2D eigenvalue weighted by Crippen LogP contribution is 2.14. The maximum atomic E-state index is 4.28. The van der Waals surface area contributed by atoms with Crippen LogP contribution in [0.15, 0.2) is 12.4 Å². The quantitative estimate of drug-likeness (QED) is 0.778. The molecule has 2 rings (SSSR count). The van der Waals surface area contributed by atoms with Gasteiger partial charge in [0.1, 0.15) is 0 Å². The molecule has 1 fully saturated rings. The first-order chi connectivity index (χ1) is 8.24. The topological polar surface area (TPSA) is 33.1 Å². The molecule has 4 nitrogen and oxygen atoms in total. The van der Waals surface area contributed by atoms with Crippen LogP contribution in [0.2, 0.25) is 0 Å². The molecule has 1 aromatic heterocycles. The fraction of sp³-hybridized carbons (Fsp3) is 0.769. The van der Waals surface area contributed by atoms with Crippen molar-refractivity contribution in [2.45, 2.75) is 26.3 Å². The van der Waals surface area contributed by atoms with E-state index in [1.165, 1.54) is 31.5 Å². The van der Waals surface area contributed by atoms with Crippen molar-refractivity contribution in [1.29, 1.82) is 0 Å². The van der Waals surface area contributed by atoms with Crippen LogP contribution in [0.25, 0.3) is 0 Å². The first-order valence-electron chi connectivity index (χ1n) is 6.62. The zero-order chi connectivity index (χ0) is 12.1. The summed E-state index contributed by atoms with van der Waals surface area (Å²) in [5, 5.41) is 7.83. The molecule has 4 heteroatoms. The summed E-state index contributed by atoms with van der Waals surface area (Å²) in [4.78, 5) is 2.42. The molecule has 0 aromatic carbocycles. The lowest BCUT2D eigenvalue weighted by Crippen LogP contribution is -2.35. The summed E-state index contributed by atoms with van der Waals surface area (Å²) in [6.07, 6.45) is 6.68. The zero-order valence-electron chi connectivity index (χ0n) is 11.0. The lowest BCUT2D eigenvalue weighted by molar-refractivity contribution is 0.216. The fourth-order valence-corrected chi connectivity index (χ4v) is 2.36. The SMILES string of the molecule is Cc1cnn(CCNCC2CCN(C)CC2)c1. The smallest absolute Gasteiger partial charge is 0.0534 e. The summed E-state index contributed by atoms with van der Waals surface area (Å²) in [6, 6.07) is 0. The maximum absolute atomic E-state index is 4.28. The van der Waals surface area contributed by atoms with E-state index in [0.717, 1.165) is 25.6 Å². The fourth-order valence-electron chi connectivity index (χ4n) is 2.36. The Hall–Kier alpha value is -0.870. The second kappa shape index (κ2) is 6.17. The molecule has 0 atom stereocenters. The van der Waals surface area contributed by atoms with E-state index < -0.39 is 0 Å². The number of piperidine rings is 1. The first-order valence-corrected chi connectivity index (χ1v) is 6.62. The Balaban J connectivity index is 1.57. The Labute approximate surface area is 104 Å². The van der Waals surface area contributed by atoms with Crippen LogP contribution in [-0.2, 0) is 6.54 Å². The van der Waals surface area contributed by atoms with Gasteiger partial charge in [0.25, 0.3) is 0 Å². The van der Waals surface area contributed by atoms with Crippen molar-refractivity contribution in [1.82, 2.24) is 20.0 Å². The molecule has 0 aliphatic carbocycles. The van der Waals surface area contributed by atoms with Gasteiger partial charge < -0.3 is 10.2 Å². The molecule has 0 amide bonds. The summed E-state index contributed by atoms with van der Waals surface area (Å²) in [7, 11) is 2.21. The number of rotatable bonds is 5. The van der Waals surface area contributed by atoms with Crippen molar-refractivity contribution >= 4 is 0 Å². The molecule has 1 aliphatic heterocycles. The van der Waals surface area contributed by atoms with Crippen LogP contribution in [0.5, 0.6) is 0 Å². The summed E-state index contributed by atoms with van der Waals surface area (Å²) in [5.74, 6) is 0.866. The summed E-state index contributed by atoms with van der Waals surface area (Å²) >= 11 is 0. The predicted molar refractivity (Wildman–Crippen MR) is 70.1 cm³/mol. The summed E-state index contributed by atoms with van der Waals surface area (Å²) < 4.78 is 2.01. The number of likely N-dealkylation sites (tertiary alicyclic amines) is 1. The van der Waals surface area contributed by atoms with Crippen LogP contribution in [0.1, 0.15) is 18.4 Å². The lowest BCUT2D eigenvalue weighted by Gasteiger charge is -2.29. The second-order valence-electron chi connectivity index (χ2n) is 5.23. The molecule has 0 radical (unpaired) electrons. The van der Waals surface area contributed by atoms with Crippen molar-refractivity contribution in [3.63, 3.8) is 0 Å². The molecule has 1 aliphatic rings. The van der Waals surface area contributed by atoms with Crippen LogP contribution in [-0.4, -0.2) is 47.9 Å². The Morgan fingerprint density at radius 2 is 2.18 bits per heavy atom. The minimum Gasteiger partial charge on any atom is -0.315 e. The Kier molecular flexibility index (Phi) is 4.57. The Bertz CT molecular complexity index is 326. The predicted octanol–water partition coefficient (Wildman–Crippen LogP) is 1.12. The van der Waals surface area contributed by atoms with Crippen molar-refractivity contribution in [2.75, 3.05) is 33.2 Å². The van der Waals surface area contributed by atoms with Gasteiger partial charge in [-0.1, -0.05) is 0 Å². The monoisotopic (exact) mass is 236 g/mol. The maximum Gasteiger partial charge on any atom is 0.0534 e. The minimum atomic E-state index is 0.866. The molecule has 0 spiro atoms. The molecular formula is C13H24N4. The minimum absolute atomic E-state index is 0.866. The van der Waals surface area contributed by atoms with Gasteiger partial charge in [0, 0.05) is 12.7 Å². The van der Waals surface area contributed by atoms with Gasteiger partial charge >= 0.3 is 0 Å². The highest BCUT2D eigenvalue weighted by atomic mass is 15.3. The van der Waals surface area contributed by atoms with Crippen LogP contribution in [0.4, 0.5) is 0 Å². The van der Waals surface area contributed by atoms with Gasteiger partial charge in [-0.25, -0.2) is 0 Å². The first kappa shape index (κ1) is 12.6. The normalized spacial score (nSPS) is 18.7. The zero-order valence-corrected chi connectivity index (χ0v) is 11.0. The van der Waals surface area contributed by atoms with Crippen LogP contribution in [0.3, 0.4) is 0 Å². The molecule has 0 saturated carbocycles. The van der Waals surface area contributed by atoms with Crippen molar-refractivity contribution < 1.29 is 0 Å². The molecule has 0 unspecified atom stereocenters. The van der Waals surface area contributed by atoms with Gasteiger partial charge in [0.15, 0.2) is 0 Å². The molecule has 1 N–H and O–H groups in total. The average Bonchev–Trinajstić information content (AvgIpc) is 2.73. The van der Waals surface area contributed by atoms with Gasteiger partial charge in [0.05, 0.1) is 12.7 Å². The van der Waals surface area contributed by atoms with Gasteiger partial charge in [-0.3, -0.25) is 4.68 Å². The van der Waals surface area contributed by atoms with E-state index in [1.807, 2.05) is 10.9 Å². The summed E-state index contributed by atoms with van der Waals surface area (Å²) in [5.41, 5.74) is 1.24. The molecule has 2 heterocycles. The van der Waals surface area contributed by atoms with Gasteiger partial charge in [-0.15, -0.1) is 0 Å². The average molecular weight is 236 g/mol. The van der Waals surface area contributed by atoms with Gasteiger partial charge in [-0.2, -0.15) is 5.10 Å². The van der Waals surface area contributed by atoms with E-state index >= 15 is 0 Å². The highest BCUT2D eigenvalue weighted by Gasteiger charge is 2.15. The Morgan fingerprint density at radius 1 is 1.41 bits per heavy atom. The van der Waals surface area contributed by atoms with Crippen LogP contribution < -0.4 is 5.32 Å². The lowest BCUT2D eigenvalue weighted by atomic mass is 9.97. The van der Waals surface area contributed by atoms with Gasteiger partial charge in [0.2, 0.25) is 0 Å². The number of aryl methyl sites for hydroxylation is 1. The van der Waals surface area contributed by atoms with E-state index in [9.17, 15) is 0 Å². The molecule has 96 valence electrons. The third kappa shape index (κ3) is 4.13. The third-order valence-corrected chi connectivity index (χ3v) is 3.55. The number of hydrogen-bond acceptors (Lipinski definition) is 3. The number of aromatic nitrogens is 2. The third-order valence-electron chi connectivity index (χ3n) is 3.55. The molecule has 0 bridgehead atoms. The van der Waals surface area contributed by atoms with Crippen LogP contribution >= 0.6 is 0 Å². The van der Waals surface area contributed by atoms with E-state index in [-0.39, 0.29) is 0 Å². The van der Waals surface area contributed by atoms with Crippen LogP contribution in [0, 0.1) is 12.8 Å². The van der Waals surface area contributed by atoms with Gasteiger partial charge in [-0.05, 0) is 57.9 Å². The van der Waals surface area contributed by atoms with E-state index in [1.54, 1.807) is 0 Å². The highest BCUT2D eigenvalue weighted by molar-refractivity contribution is 4.99. The van der Waals surface area contributed by atoms with Crippen molar-refractivity contribution in [3.8, 4) is 0 Å².